The molecule has 4 aliphatic rings. The lowest BCUT2D eigenvalue weighted by Gasteiger charge is -2.42. The highest BCUT2D eigenvalue weighted by molar-refractivity contribution is 5.13. The molecule has 1 N–H and O–H groups in total. The second-order valence-corrected chi connectivity index (χ2v) is 7.95. The number of aliphatic hydroxyl groups excluding tert-OH is 1. The van der Waals surface area contributed by atoms with E-state index in [1.807, 2.05) is 18.2 Å². The molecule has 1 aromatic rings. The van der Waals surface area contributed by atoms with E-state index < -0.39 is 0 Å². The van der Waals surface area contributed by atoms with Crippen molar-refractivity contribution in [1.82, 2.24) is 0 Å². The van der Waals surface area contributed by atoms with Gasteiger partial charge in [0.2, 0.25) is 0 Å². The van der Waals surface area contributed by atoms with Crippen molar-refractivity contribution in [3.8, 4) is 0 Å². The molecular formula is C21H30O6. The highest BCUT2D eigenvalue weighted by atomic mass is 16.7. The van der Waals surface area contributed by atoms with Crippen molar-refractivity contribution in [2.75, 3.05) is 39.6 Å². The summed E-state index contributed by atoms with van der Waals surface area (Å²) in [6.07, 6.45) is 3.73. The minimum Gasteiger partial charge on any atom is -0.396 e. The first-order valence-corrected chi connectivity index (χ1v) is 9.99. The highest BCUT2D eigenvalue weighted by Crippen LogP contribution is 2.44. The molecule has 6 heteroatoms. The van der Waals surface area contributed by atoms with Gasteiger partial charge in [0.25, 0.3) is 0 Å². The van der Waals surface area contributed by atoms with Gasteiger partial charge in [0.05, 0.1) is 39.6 Å². The second kappa shape index (κ2) is 8.55. The van der Waals surface area contributed by atoms with Gasteiger partial charge in [0.15, 0.2) is 11.6 Å². The smallest absolute Gasteiger partial charge is 0.169 e. The van der Waals surface area contributed by atoms with E-state index in [0.29, 0.717) is 18.4 Å². The zero-order valence-corrected chi connectivity index (χ0v) is 15.8. The Bertz CT molecular complexity index is 564. The largest absolute Gasteiger partial charge is 0.396 e. The van der Waals surface area contributed by atoms with E-state index in [1.165, 1.54) is 5.56 Å². The maximum Gasteiger partial charge on any atom is 0.169 e. The van der Waals surface area contributed by atoms with Crippen LogP contribution in [0.25, 0.3) is 0 Å². The fraction of sp³-hybridized carbons (Fsp3) is 0.714. The van der Waals surface area contributed by atoms with Gasteiger partial charge in [-0.05, 0) is 17.4 Å². The Kier molecular flexibility index (Phi) is 6.12. The third-order valence-electron chi connectivity index (χ3n) is 5.75. The van der Waals surface area contributed by atoms with Gasteiger partial charge in [-0.1, -0.05) is 30.3 Å². The first kappa shape index (κ1) is 19.3. The third kappa shape index (κ3) is 4.70. The zero-order chi connectivity index (χ0) is 18.6. The maximum atomic E-state index is 8.72. The molecule has 2 heterocycles. The molecule has 2 aliphatic heterocycles. The van der Waals surface area contributed by atoms with E-state index >= 15 is 0 Å². The molecule has 2 aliphatic carbocycles. The molecule has 0 amide bonds. The molecule has 0 atom stereocenters. The summed E-state index contributed by atoms with van der Waals surface area (Å²) in [5.74, 6) is 0.503. The van der Waals surface area contributed by atoms with Gasteiger partial charge in [-0.2, -0.15) is 0 Å². The minimum absolute atomic E-state index is 0.235. The second-order valence-electron chi connectivity index (χ2n) is 7.95. The van der Waals surface area contributed by atoms with Crippen molar-refractivity contribution in [1.29, 1.82) is 0 Å². The number of hydrogen-bond donors (Lipinski definition) is 1. The molecule has 2 saturated heterocycles. The van der Waals surface area contributed by atoms with E-state index in [1.54, 1.807) is 0 Å². The number of ether oxygens (including phenoxy) is 5. The van der Waals surface area contributed by atoms with E-state index in [4.69, 9.17) is 28.8 Å². The first-order valence-electron chi connectivity index (χ1n) is 9.99. The van der Waals surface area contributed by atoms with Gasteiger partial charge >= 0.3 is 0 Å². The summed E-state index contributed by atoms with van der Waals surface area (Å²) in [5, 5.41) is 8.72. The molecule has 0 aromatic heterocycles. The summed E-state index contributed by atoms with van der Waals surface area (Å²) >= 11 is 0. The Hall–Kier alpha value is -1.02. The van der Waals surface area contributed by atoms with Gasteiger partial charge in [-0.15, -0.1) is 0 Å². The van der Waals surface area contributed by atoms with Gasteiger partial charge < -0.3 is 28.8 Å². The van der Waals surface area contributed by atoms with Gasteiger partial charge in [-0.3, -0.25) is 0 Å². The Morgan fingerprint density at radius 2 is 1.33 bits per heavy atom. The summed E-state index contributed by atoms with van der Waals surface area (Å²) in [6, 6.07) is 10.3. The van der Waals surface area contributed by atoms with Gasteiger partial charge in [0.1, 0.15) is 0 Å². The van der Waals surface area contributed by atoms with Crippen molar-refractivity contribution < 1.29 is 28.8 Å². The molecule has 6 nitrogen and oxygen atoms in total. The van der Waals surface area contributed by atoms with Crippen LogP contribution in [-0.4, -0.2) is 56.3 Å². The fourth-order valence-electron chi connectivity index (χ4n) is 4.27. The van der Waals surface area contributed by atoms with Crippen LogP contribution < -0.4 is 0 Å². The van der Waals surface area contributed by atoms with Crippen LogP contribution >= 0.6 is 0 Å². The zero-order valence-electron chi connectivity index (χ0n) is 15.8. The monoisotopic (exact) mass is 378 g/mol. The van der Waals surface area contributed by atoms with Crippen LogP contribution in [0.5, 0.6) is 0 Å². The van der Waals surface area contributed by atoms with Crippen LogP contribution in [0, 0.1) is 11.8 Å². The topological polar surface area (TPSA) is 66.4 Å². The molecular weight excluding hydrogens is 348 g/mol. The van der Waals surface area contributed by atoms with E-state index in [0.717, 1.165) is 58.7 Å². The fourth-order valence-corrected chi connectivity index (χ4v) is 4.27. The number of aliphatic hydroxyl groups is 1. The van der Waals surface area contributed by atoms with Gasteiger partial charge in [0, 0.05) is 32.3 Å². The summed E-state index contributed by atoms with van der Waals surface area (Å²) in [6.45, 7) is 4.72. The third-order valence-corrected chi connectivity index (χ3v) is 5.75. The number of benzene rings is 1. The molecule has 5 rings (SSSR count). The SMILES string of the molecule is OCC1CC2(C1)OCCO2.c1ccc(COCC2CC3(C2)OCCO3)cc1. The summed E-state index contributed by atoms with van der Waals surface area (Å²) in [5.41, 5.74) is 1.23. The molecule has 150 valence electrons. The molecule has 2 saturated carbocycles. The van der Waals surface area contributed by atoms with Crippen LogP contribution in [0.15, 0.2) is 30.3 Å². The van der Waals surface area contributed by atoms with Crippen molar-refractivity contribution >= 4 is 0 Å². The molecule has 0 unspecified atom stereocenters. The Balaban J connectivity index is 0.000000153. The first-order chi connectivity index (χ1) is 13.2. The molecule has 2 spiro atoms. The van der Waals surface area contributed by atoms with Crippen LogP contribution in [0.1, 0.15) is 31.2 Å². The van der Waals surface area contributed by atoms with Crippen molar-refractivity contribution in [3.63, 3.8) is 0 Å². The van der Waals surface area contributed by atoms with E-state index in [2.05, 4.69) is 12.1 Å². The molecule has 1 aromatic carbocycles. The quantitative estimate of drug-likeness (QED) is 0.849. The average Bonchev–Trinajstić information content (AvgIpc) is 3.31. The number of hydrogen-bond acceptors (Lipinski definition) is 6. The predicted molar refractivity (Wildman–Crippen MR) is 97.9 cm³/mol. The van der Waals surface area contributed by atoms with Crippen molar-refractivity contribution in [2.45, 2.75) is 43.9 Å². The predicted octanol–water partition coefficient (Wildman–Crippen LogP) is 2.49. The molecule has 4 fully saturated rings. The lowest BCUT2D eigenvalue weighted by atomic mass is 9.79. The highest BCUT2D eigenvalue weighted by Gasteiger charge is 2.49. The average molecular weight is 378 g/mol. The minimum atomic E-state index is -0.270. The summed E-state index contributed by atoms with van der Waals surface area (Å²) in [7, 11) is 0. The van der Waals surface area contributed by atoms with Crippen molar-refractivity contribution in [2.24, 2.45) is 11.8 Å². The van der Waals surface area contributed by atoms with Crippen LogP contribution in [0.3, 0.4) is 0 Å². The standard InChI is InChI=1S/C14H18O3.C7H12O3/c1-2-4-12(5-3-1)10-15-11-13-8-14(9-13)16-6-7-17-14;8-5-6-3-7(4-6)9-1-2-10-7/h1-5,13H,6-11H2;6,8H,1-5H2. The lowest BCUT2D eigenvalue weighted by molar-refractivity contribution is -0.237. The molecule has 0 radical (unpaired) electrons. The normalized spacial score (nSPS) is 27.8. The van der Waals surface area contributed by atoms with Crippen LogP contribution in [0.4, 0.5) is 0 Å². The van der Waals surface area contributed by atoms with E-state index in [-0.39, 0.29) is 18.2 Å². The van der Waals surface area contributed by atoms with Crippen molar-refractivity contribution in [3.05, 3.63) is 35.9 Å². The Morgan fingerprint density at radius 1 is 0.815 bits per heavy atom. The lowest BCUT2D eigenvalue weighted by Crippen LogP contribution is -2.46. The van der Waals surface area contributed by atoms with Gasteiger partial charge in [-0.25, -0.2) is 0 Å². The van der Waals surface area contributed by atoms with Crippen LogP contribution in [0.2, 0.25) is 0 Å². The summed E-state index contributed by atoms with van der Waals surface area (Å²) < 4.78 is 27.7. The molecule has 27 heavy (non-hydrogen) atoms. The summed E-state index contributed by atoms with van der Waals surface area (Å²) in [4.78, 5) is 0. The number of rotatable bonds is 5. The van der Waals surface area contributed by atoms with Crippen LogP contribution in [-0.2, 0) is 30.3 Å². The molecule has 0 bridgehead atoms. The Morgan fingerprint density at radius 3 is 1.85 bits per heavy atom. The Labute approximate surface area is 160 Å². The van der Waals surface area contributed by atoms with E-state index in [9.17, 15) is 0 Å². The maximum absolute atomic E-state index is 8.72.